The van der Waals surface area contributed by atoms with Crippen LogP contribution in [0, 0.1) is 0 Å². The molecule has 10 rings (SSSR count). The third kappa shape index (κ3) is 3.00. The molecule has 10 aromatic rings. The second-order valence-electron chi connectivity index (χ2n) is 13.5. The van der Waals surface area contributed by atoms with E-state index in [9.17, 15) is 28.8 Å². The molecule has 0 atom stereocenters. The smallest absolute Gasteiger partial charge is 0.272 e. The first-order valence-corrected chi connectivity index (χ1v) is 16.1. The summed E-state index contributed by atoms with van der Waals surface area (Å²) in [7, 11) is 0. The topological polar surface area (TPSA) is 126 Å². The highest BCUT2D eigenvalue weighted by molar-refractivity contribution is 6.44. The molecule has 0 radical (unpaired) electrons. The summed E-state index contributed by atoms with van der Waals surface area (Å²) >= 11 is 0. The van der Waals surface area contributed by atoms with Gasteiger partial charge in [0.05, 0.1) is 27.5 Å². The van der Waals surface area contributed by atoms with Crippen molar-refractivity contribution in [3.8, 4) is 5.69 Å². The summed E-state index contributed by atoms with van der Waals surface area (Å²) in [6.07, 6.45) is 0. The van der Waals surface area contributed by atoms with Crippen LogP contribution >= 0.6 is 0 Å². The Kier molecular flexibility index (Phi) is 4.95. The molecule has 11 heteroatoms. The second-order valence-corrected chi connectivity index (χ2v) is 13.5. The first-order valence-electron chi connectivity index (χ1n) is 16.1. The van der Waals surface area contributed by atoms with Gasteiger partial charge in [-0.2, -0.15) is 9.03 Å². The molecule has 0 spiro atoms. The fraction of sp³-hybridized carbons (Fsp3) is 0.158. The van der Waals surface area contributed by atoms with E-state index >= 15 is 0 Å². The summed E-state index contributed by atoms with van der Waals surface area (Å²) in [5, 5.41) is 5.83. The van der Waals surface area contributed by atoms with Crippen molar-refractivity contribution < 1.29 is 0 Å². The van der Waals surface area contributed by atoms with Gasteiger partial charge in [-0.1, -0.05) is 30.3 Å². The fourth-order valence-corrected chi connectivity index (χ4v) is 8.39. The van der Waals surface area contributed by atoms with E-state index in [1.54, 1.807) is 82.3 Å². The van der Waals surface area contributed by atoms with Crippen molar-refractivity contribution in [2.45, 2.75) is 39.8 Å². The number of hydrogen-bond donors (Lipinski definition) is 0. The maximum atomic E-state index is 14.5. The van der Waals surface area contributed by atoms with Crippen LogP contribution in [0.5, 0.6) is 0 Å². The van der Waals surface area contributed by atoms with E-state index in [-0.39, 0.29) is 10.8 Å². The molecule has 0 N–H and O–H groups in total. The molecule has 11 nitrogen and oxygen atoms in total. The van der Waals surface area contributed by atoms with Gasteiger partial charge in [0.2, 0.25) is 0 Å². The molecule has 0 aliphatic rings. The minimum absolute atomic E-state index is 0.243. The van der Waals surface area contributed by atoms with Crippen LogP contribution in [0.3, 0.4) is 0 Å². The lowest BCUT2D eigenvalue weighted by Gasteiger charge is -2.22. The summed E-state index contributed by atoms with van der Waals surface area (Å²) in [4.78, 5) is 85.0. The fourth-order valence-electron chi connectivity index (χ4n) is 8.39. The summed E-state index contributed by atoms with van der Waals surface area (Å²) in [5.74, 6) is 0. The Morgan fingerprint density at radius 3 is 1.22 bits per heavy atom. The Balaban J connectivity index is 1.64. The Hall–Kier alpha value is -6.36. The Labute approximate surface area is 272 Å². The number of pyridine rings is 2. The number of aromatic nitrogens is 5. The lowest BCUT2D eigenvalue weighted by Crippen LogP contribution is -2.35. The van der Waals surface area contributed by atoms with Gasteiger partial charge >= 0.3 is 11.4 Å². The molecule has 4 heterocycles. The lowest BCUT2D eigenvalue weighted by atomic mass is 9.85. The van der Waals surface area contributed by atoms with Crippen molar-refractivity contribution in [2.24, 2.45) is 0 Å². The minimum Gasteiger partial charge on any atom is -0.272 e. The van der Waals surface area contributed by atoms with E-state index in [0.29, 0.717) is 70.6 Å². The molecule has 0 aliphatic carbocycles. The van der Waals surface area contributed by atoms with Gasteiger partial charge < -0.3 is 0 Å². The summed E-state index contributed by atoms with van der Waals surface area (Å²) < 4.78 is 6.01. The van der Waals surface area contributed by atoms with Crippen LogP contribution in [0.1, 0.15) is 39.8 Å². The van der Waals surface area contributed by atoms with Crippen LogP contribution in [0.2, 0.25) is 0 Å². The zero-order chi connectivity index (χ0) is 33.9. The summed E-state index contributed by atoms with van der Waals surface area (Å²) in [6, 6.07) is 18.0. The number of hydrogen-bond acceptors (Lipinski definition) is 6. The largest absolute Gasteiger partial charge is 0.356 e. The standard InChI is InChI=1S/C38H25N5O6/c1-16(2)39-33(44)21-12-10-19-20-11-13-22-28-24(36(47)40(17(3)4)34(22)45)15-26-32(30(20)28)31-25(14-23(35(39)46)27(21)29(19)31)42-37(48)41(38(49)43(26)42)18-8-6-5-7-9-18/h5-17H,1-4H3. The summed E-state index contributed by atoms with van der Waals surface area (Å²) in [5.41, 5.74) is -2.23. The number of rotatable bonds is 3. The molecular formula is C38H25N5O6. The minimum atomic E-state index is -0.666. The van der Waals surface area contributed by atoms with E-state index < -0.39 is 45.7 Å². The van der Waals surface area contributed by atoms with Gasteiger partial charge in [0.1, 0.15) is 0 Å². The van der Waals surface area contributed by atoms with Crippen molar-refractivity contribution >= 4 is 75.7 Å². The zero-order valence-corrected chi connectivity index (χ0v) is 26.7. The first-order chi connectivity index (χ1) is 23.5. The monoisotopic (exact) mass is 647 g/mol. The Morgan fingerprint density at radius 2 is 0.816 bits per heavy atom. The van der Waals surface area contributed by atoms with Crippen LogP contribution in [0.25, 0.3) is 81.4 Å². The molecule has 6 aromatic carbocycles. The van der Waals surface area contributed by atoms with Crippen molar-refractivity contribution in [3.63, 3.8) is 0 Å². The molecule has 49 heavy (non-hydrogen) atoms. The van der Waals surface area contributed by atoms with Gasteiger partial charge in [-0.3, -0.25) is 28.3 Å². The second kappa shape index (κ2) is 8.75. The van der Waals surface area contributed by atoms with E-state index in [0.717, 1.165) is 4.57 Å². The molecular weight excluding hydrogens is 622 g/mol. The highest BCUT2D eigenvalue weighted by atomic mass is 16.2. The maximum Gasteiger partial charge on any atom is 0.356 e. The Bertz CT molecular complexity index is 3250. The molecule has 0 bridgehead atoms. The molecule has 0 saturated heterocycles. The van der Waals surface area contributed by atoms with Crippen LogP contribution in [-0.2, 0) is 0 Å². The van der Waals surface area contributed by atoms with Crippen LogP contribution < -0.4 is 33.6 Å². The number of nitrogens with zero attached hydrogens (tertiary/aromatic N) is 5. The van der Waals surface area contributed by atoms with Gasteiger partial charge in [-0.15, -0.1) is 0 Å². The SMILES string of the molecule is CC(C)n1c(=O)c2ccc3c4ccc5c(=O)n(C(C)C)c(=O)c6cc7c(c4c56)c4c3c2c(cc4n2c(=O)n(-c3ccccc3)c(=O)n72)c1=O. The molecule has 0 fully saturated rings. The van der Waals surface area contributed by atoms with E-state index in [2.05, 4.69) is 0 Å². The van der Waals surface area contributed by atoms with Crippen molar-refractivity contribution in [2.75, 3.05) is 0 Å². The number of para-hydroxylation sites is 1. The predicted octanol–water partition coefficient (Wildman–Crippen LogP) is 4.58. The maximum absolute atomic E-state index is 14.5. The number of fused-ring (bicyclic) bond motifs is 4. The predicted molar refractivity (Wildman–Crippen MR) is 192 cm³/mol. The number of benzene rings is 6. The van der Waals surface area contributed by atoms with Gasteiger partial charge in [0, 0.05) is 55.2 Å². The van der Waals surface area contributed by atoms with Crippen LogP contribution in [0.15, 0.2) is 95.5 Å². The third-order valence-electron chi connectivity index (χ3n) is 10.3. The van der Waals surface area contributed by atoms with E-state index in [1.807, 2.05) is 12.1 Å². The van der Waals surface area contributed by atoms with Crippen LogP contribution in [0.4, 0.5) is 0 Å². The third-order valence-corrected chi connectivity index (χ3v) is 10.3. The first kappa shape index (κ1) is 27.7. The van der Waals surface area contributed by atoms with Gasteiger partial charge in [0.25, 0.3) is 22.2 Å². The molecule has 0 amide bonds. The lowest BCUT2D eigenvalue weighted by molar-refractivity contribution is 0.568. The van der Waals surface area contributed by atoms with E-state index in [4.69, 9.17) is 0 Å². The molecule has 0 unspecified atom stereocenters. The normalized spacial score (nSPS) is 12.9. The van der Waals surface area contributed by atoms with E-state index in [1.165, 1.54) is 18.2 Å². The van der Waals surface area contributed by atoms with Gasteiger partial charge in [0.15, 0.2) is 0 Å². The molecule has 0 aliphatic heterocycles. The average molecular weight is 648 g/mol. The quantitative estimate of drug-likeness (QED) is 0.204. The van der Waals surface area contributed by atoms with Gasteiger partial charge in [-0.25, -0.2) is 14.2 Å². The highest BCUT2D eigenvalue weighted by Crippen LogP contribution is 2.47. The molecule has 238 valence electrons. The summed E-state index contributed by atoms with van der Waals surface area (Å²) in [6.45, 7) is 7.06. The Morgan fingerprint density at radius 1 is 0.429 bits per heavy atom. The van der Waals surface area contributed by atoms with Crippen LogP contribution in [-0.4, -0.2) is 22.7 Å². The van der Waals surface area contributed by atoms with Gasteiger partial charge in [-0.05, 0) is 74.9 Å². The van der Waals surface area contributed by atoms with Crippen molar-refractivity contribution in [3.05, 3.63) is 129 Å². The molecule has 4 aromatic heterocycles. The zero-order valence-electron chi connectivity index (χ0n) is 26.7. The average Bonchev–Trinajstić information content (AvgIpc) is 3.35. The molecule has 0 saturated carbocycles. The van der Waals surface area contributed by atoms with Crippen molar-refractivity contribution in [1.29, 1.82) is 0 Å². The highest BCUT2D eigenvalue weighted by Gasteiger charge is 2.30. The van der Waals surface area contributed by atoms with Crippen molar-refractivity contribution in [1.82, 2.24) is 22.7 Å².